The van der Waals surface area contributed by atoms with Crippen LogP contribution in [0.2, 0.25) is 0 Å². The lowest BCUT2D eigenvalue weighted by atomic mass is 10.2. The Kier molecular flexibility index (Phi) is 2.27. The van der Waals surface area contributed by atoms with Gasteiger partial charge in [0.25, 0.3) is 0 Å². The van der Waals surface area contributed by atoms with Gasteiger partial charge in [-0.05, 0) is 22.0 Å². The Hall–Kier alpha value is -0.570. The Morgan fingerprint density at radius 1 is 1.50 bits per heavy atom. The van der Waals surface area contributed by atoms with Crippen LogP contribution in [0, 0.1) is 0 Å². The van der Waals surface area contributed by atoms with Gasteiger partial charge in [-0.15, -0.1) is 0 Å². The van der Waals surface area contributed by atoms with Gasteiger partial charge in [-0.2, -0.15) is 0 Å². The van der Waals surface area contributed by atoms with Crippen LogP contribution in [0.25, 0.3) is 0 Å². The fourth-order valence-electron chi connectivity index (χ4n) is 0.668. The highest BCUT2D eigenvalue weighted by molar-refractivity contribution is 9.10. The third-order valence-electron chi connectivity index (χ3n) is 1.21. The van der Waals surface area contributed by atoms with E-state index in [-0.39, 0.29) is 5.75 Å². The van der Waals surface area contributed by atoms with Gasteiger partial charge in [0.15, 0.2) is 0 Å². The first-order valence-electron chi connectivity index (χ1n) is 2.78. The lowest BCUT2D eigenvalue weighted by Gasteiger charge is -1.99. The summed E-state index contributed by atoms with van der Waals surface area (Å²) < 4.78 is 12.5. The molecule has 0 aromatic heterocycles. The van der Waals surface area contributed by atoms with Crippen molar-refractivity contribution in [3.63, 3.8) is 0 Å². The van der Waals surface area contributed by atoms with Crippen molar-refractivity contribution < 1.29 is 9.50 Å². The molecule has 10 heavy (non-hydrogen) atoms. The van der Waals surface area contributed by atoms with E-state index >= 15 is 0 Å². The number of phenols is 1. The van der Waals surface area contributed by atoms with Gasteiger partial charge in [-0.25, -0.2) is 4.39 Å². The maximum absolute atomic E-state index is 12.0. The molecule has 0 spiro atoms. The van der Waals surface area contributed by atoms with Crippen molar-refractivity contribution in [3.05, 3.63) is 28.2 Å². The van der Waals surface area contributed by atoms with Crippen LogP contribution in [0.5, 0.6) is 5.75 Å². The second kappa shape index (κ2) is 3.01. The number of halogens is 2. The average Bonchev–Trinajstić information content (AvgIpc) is 1.95. The van der Waals surface area contributed by atoms with Gasteiger partial charge < -0.3 is 5.11 Å². The van der Waals surface area contributed by atoms with Crippen LogP contribution in [0.1, 0.15) is 5.56 Å². The minimum atomic E-state index is -0.634. The molecule has 0 radical (unpaired) electrons. The molecule has 1 aromatic carbocycles. The molecule has 0 heterocycles. The Balaban J connectivity index is 3.14. The summed E-state index contributed by atoms with van der Waals surface area (Å²) in [6.07, 6.45) is 0. The molecular formula is C7H6BrFO. The maximum Gasteiger partial charge on any atom is 0.135 e. The largest absolute Gasteiger partial charge is 0.506 e. The third kappa shape index (κ3) is 1.29. The topological polar surface area (TPSA) is 20.2 Å². The number of alkyl halides is 1. The van der Waals surface area contributed by atoms with Gasteiger partial charge in [0.1, 0.15) is 12.4 Å². The van der Waals surface area contributed by atoms with Crippen molar-refractivity contribution in [1.29, 1.82) is 0 Å². The quantitative estimate of drug-likeness (QED) is 0.746. The average molecular weight is 205 g/mol. The Morgan fingerprint density at radius 2 is 2.20 bits per heavy atom. The first kappa shape index (κ1) is 7.54. The molecule has 0 aliphatic rings. The maximum atomic E-state index is 12.0. The molecule has 0 aliphatic heterocycles. The first-order valence-corrected chi connectivity index (χ1v) is 3.57. The highest BCUT2D eigenvalue weighted by Crippen LogP contribution is 2.27. The number of hydrogen-bond donors (Lipinski definition) is 1. The minimum Gasteiger partial charge on any atom is -0.506 e. The summed E-state index contributed by atoms with van der Waals surface area (Å²) in [5.74, 6) is -0.00926. The van der Waals surface area contributed by atoms with Crippen molar-refractivity contribution in [2.45, 2.75) is 6.67 Å². The van der Waals surface area contributed by atoms with E-state index < -0.39 is 6.67 Å². The molecule has 0 atom stereocenters. The van der Waals surface area contributed by atoms with Crippen molar-refractivity contribution >= 4 is 15.9 Å². The van der Waals surface area contributed by atoms with Crippen molar-refractivity contribution in [3.8, 4) is 5.75 Å². The second-order valence-electron chi connectivity index (χ2n) is 1.88. The zero-order chi connectivity index (χ0) is 7.56. The van der Waals surface area contributed by atoms with Crippen LogP contribution in [0.4, 0.5) is 4.39 Å². The van der Waals surface area contributed by atoms with Gasteiger partial charge in [-0.3, -0.25) is 0 Å². The zero-order valence-corrected chi connectivity index (χ0v) is 6.73. The fraction of sp³-hybridized carbons (Fsp3) is 0.143. The van der Waals surface area contributed by atoms with Crippen LogP contribution < -0.4 is 0 Å². The minimum absolute atomic E-state index is 0.00926. The molecular weight excluding hydrogens is 199 g/mol. The molecule has 1 nitrogen and oxygen atoms in total. The second-order valence-corrected chi connectivity index (χ2v) is 2.74. The normalized spacial score (nSPS) is 9.80. The van der Waals surface area contributed by atoms with Crippen molar-refractivity contribution in [2.24, 2.45) is 0 Å². The van der Waals surface area contributed by atoms with Gasteiger partial charge in [0.05, 0.1) is 4.47 Å². The SMILES string of the molecule is Oc1c(Br)cccc1CF. The van der Waals surface area contributed by atoms with Gasteiger partial charge in [-0.1, -0.05) is 12.1 Å². The van der Waals surface area contributed by atoms with E-state index in [1.165, 1.54) is 0 Å². The van der Waals surface area contributed by atoms with Crippen LogP contribution in [0.15, 0.2) is 22.7 Å². The molecule has 0 bridgehead atoms. The monoisotopic (exact) mass is 204 g/mol. The van der Waals surface area contributed by atoms with Crippen LogP contribution in [0.3, 0.4) is 0 Å². The fourth-order valence-corrected chi connectivity index (χ4v) is 1.08. The summed E-state index contributed by atoms with van der Waals surface area (Å²) in [6.45, 7) is -0.634. The smallest absolute Gasteiger partial charge is 0.135 e. The molecule has 0 fully saturated rings. The molecule has 0 saturated heterocycles. The van der Waals surface area contributed by atoms with Crippen LogP contribution >= 0.6 is 15.9 Å². The lowest BCUT2D eigenvalue weighted by molar-refractivity contribution is 0.430. The molecule has 0 saturated carbocycles. The lowest BCUT2D eigenvalue weighted by Crippen LogP contribution is -1.79. The summed E-state index contributed by atoms with van der Waals surface area (Å²) in [7, 11) is 0. The molecule has 0 aliphatic carbocycles. The summed E-state index contributed by atoms with van der Waals surface area (Å²) in [6, 6.07) is 4.88. The Morgan fingerprint density at radius 3 is 2.70 bits per heavy atom. The molecule has 1 N–H and O–H groups in total. The van der Waals surface area contributed by atoms with Gasteiger partial charge in [0, 0.05) is 5.56 Å². The van der Waals surface area contributed by atoms with E-state index in [0.717, 1.165) is 0 Å². The Bertz CT molecular complexity index is 237. The summed E-state index contributed by atoms with van der Waals surface area (Å²) in [4.78, 5) is 0. The van der Waals surface area contributed by atoms with E-state index in [1.54, 1.807) is 18.2 Å². The summed E-state index contributed by atoms with van der Waals surface area (Å²) in [5, 5.41) is 9.11. The van der Waals surface area contributed by atoms with E-state index in [4.69, 9.17) is 5.11 Å². The van der Waals surface area contributed by atoms with E-state index in [9.17, 15) is 4.39 Å². The molecule has 1 rings (SSSR count). The first-order chi connectivity index (χ1) is 4.75. The molecule has 3 heteroatoms. The number of benzene rings is 1. The highest BCUT2D eigenvalue weighted by atomic mass is 79.9. The molecule has 1 aromatic rings. The number of phenolic OH excluding ortho intramolecular Hbond substituents is 1. The number of aromatic hydroxyl groups is 1. The van der Waals surface area contributed by atoms with Crippen molar-refractivity contribution in [1.82, 2.24) is 0 Å². The van der Waals surface area contributed by atoms with E-state index in [1.807, 2.05) is 0 Å². The highest BCUT2D eigenvalue weighted by Gasteiger charge is 2.02. The zero-order valence-electron chi connectivity index (χ0n) is 5.14. The summed E-state index contributed by atoms with van der Waals surface area (Å²) in [5.41, 5.74) is 0.314. The predicted molar refractivity (Wildman–Crippen MR) is 40.6 cm³/mol. The van der Waals surface area contributed by atoms with Gasteiger partial charge in [0.2, 0.25) is 0 Å². The van der Waals surface area contributed by atoms with Crippen LogP contribution in [-0.2, 0) is 6.67 Å². The standard InChI is InChI=1S/C7H6BrFO/c8-6-3-1-2-5(4-9)7(6)10/h1-3,10H,4H2. The summed E-state index contributed by atoms with van der Waals surface area (Å²) >= 11 is 3.07. The van der Waals surface area contributed by atoms with E-state index in [2.05, 4.69) is 15.9 Å². The third-order valence-corrected chi connectivity index (χ3v) is 1.85. The van der Waals surface area contributed by atoms with Crippen molar-refractivity contribution in [2.75, 3.05) is 0 Å². The van der Waals surface area contributed by atoms with Gasteiger partial charge >= 0.3 is 0 Å². The number of hydrogen-bond acceptors (Lipinski definition) is 1. The predicted octanol–water partition coefficient (Wildman–Crippen LogP) is 2.62. The van der Waals surface area contributed by atoms with E-state index in [0.29, 0.717) is 10.0 Å². The number of rotatable bonds is 1. The molecule has 54 valence electrons. The Labute approximate surface area is 66.6 Å². The van der Waals surface area contributed by atoms with Crippen LogP contribution in [-0.4, -0.2) is 5.11 Å². The number of para-hydroxylation sites is 1. The molecule has 0 amide bonds. The molecule has 0 unspecified atom stereocenters.